The van der Waals surface area contributed by atoms with Crippen molar-refractivity contribution in [2.24, 2.45) is 5.92 Å². The van der Waals surface area contributed by atoms with Gasteiger partial charge < -0.3 is 40.9 Å². The first-order valence-corrected chi connectivity index (χ1v) is 15.4. The lowest BCUT2D eigenvalue weighted by Gasteiger charge is -2.31. The monoisotopic (exact) mass is 608 g/mol. The smallest absolute Gasteiger partial charge is 0.123 e. The lowest BCUT2D eigenvalue weighted by Crippen LogP contribution is -2.26. The number of aliphatic hydroxyl groups is 2. The minimum atomic E-state index is -1.05. The molecule has 6 bridgehead atoms. The molecule has 2 aliphatic rings. The van der Waals surface area contributed by atoms with Gasteiger partial charge in [-0.2, -0.15) is 0 Å². The van der Waals surface area contributed by atoms with Crippen molar-refractivity contribution in [3.05, 3.63) is 93.8 Å². The molecule has 3 aromatic rings. The van der Waals surface area contributed by atoms with E-state index in [1.807, 2.05) is 41.5 Å². The van der Waals surface area contributed by atoms with E-state index in [-0.39, 0.29) is 46.7 Å². The molecule has 4 unspecified atom stereocenters. The zero-order valence-corrected chi connectivity index (χ0v) is 26.7. The number of rotatable bonds is 1. The van der Waals surface area contributed by atoms with Crippen LogP contribution in [0.3, 0.4) is 0 Å². The number of aromatic hydroxyl groups is 6. The van der Waals surface area contributed by atoms with E-state index in [0.29, 0.717) is 46.2 Å². The summed E-state index contributed by atoms with van der Waals surface area (Å²) < 4.78 is 0. The first kappa shape index (κ1) is 35.9. The predicted octanol–water partition coefficient (Wildman–Crippen LogP) is 7.76. The van der Waals surface area contributed by atoms with Gasteiger partial charge in [0.15, 0.2) is 0 Å². The zero-order valence-electron chi connectivity index (χ0n) is 26.7. The molecule has 0 heterocycles. The molecular formula is C36H48O8. The average Bonchev–Trinajstić information content (AvgIpc) is 3.00. The largest absolute Gasteiger partial charge is 0.508 e. The summed E-state index contributed by atoms with van der Waals surface area (Å²) in [7, 11) is 0. The molecular weight excluding hydrogens is 560 g/mol. The average molecular weight is 609 g/mol. The third-order valence-corrected chi connectivity index (χ3v) is 7.81. The summed E-state index contributed by atoms with van der Waals surface area (Å²) in [5.74, 6) is -2.64. The number of phenols is 6. The van der Waals surface area contributed by atoms with Gasteiger partial charge in [0.05, 0.1) is 6.10 Å². The van der Waals surface area contributed by atoms with Crippen LogP contribution in [0.15, 0.2) is 60.4 Å². The highest BCUT2D eigenvalue weighted by molar-refractivity contribution is 5.57. The second-order valence-electron chi connectivity index (χ2n) is 10.2. The number of aryl methyl sites for hydroxylation is 1. The Morgan fingerprint density at radius 1 is 0.568 bits per heavy atom. The zero-order chi connectivity index (χ0) is 33.3. The van der Waals surface area contributed by atoms with Gasteiger partial charge in [0.25, 0.3) is 0 Å². The van der Waals surface area contributed by atoms with Crippen molar-refractivity contribution < 1.29 is 40.9 Å². The van der Waals surface area contributed by atoms with Crippen LogP contribution >= 0.6 is 0 Å². The van der Waals surface area contributed by atoms with Gasteiger partial charge in [0.1, 0.15) is 40.3 Å². The molecule has 0 aromatic heterocycles. The Balaban J connectivity index is 0.00000106. The maximum Gasteiger partial charge on any atom is 0.123 e. The maximum absolute atomic E-state index is 10.9. The van der Waals surface area contributed by atoms with Crippen molar-refractivity contribution >= 4 is 0 Å². The predicted molar refractivity (Wildman–Crippen MR) is 174 cm³/mol. The number of fused-ring (bicyclic) bond motifs is 6. The van der Waals surface area contributed by atoms with Crippen molar-refractivity contribution in [2.45, 2.75) is 85.7 Å². The topological polar surface area (TPSA) is 162 Å². The van der Waals surface area contributed by atoms with Gasteiger partial charge >= 0.3 is 0 Å². The van der Waals surface area contributed by atoms with E-state index >= 15 is 0 Å². The minimum absolute atomic E-state index is 0.0710. The van der Waals surface area contributed by atoms with Gasteiger partial charge in [0.2, 0.25) is 0 Å². The molecule has 0 amide bonds. The third kappa shape index (κ3) is 7.61. The Bertz CT molecular complexity index is 1470. The molecule has 8 heteroatoms. The Kier molecular flexibility index (Phi) is 13.0. The number of aliphatic hydroxyl groups excluding tert-OH is 2. The van der Waals surface area contributed by atoms with Gasteiger partial charge in [-0.05, 0) is 71.4 Å². The van der Waals surface area contributed by atoms with Crippen LogP contribution in [-0.2, 0) is 12.8 Å². The molecule has 5 rings (SSSR count). The fraction of sp³-hybridized carbons (Fsp3) is 0.389. The highest BCUT2D eigenvalue weighted by Crippen LogP contribution is 2.46. The van der Waals surface area contributed by atoms with Crippen molar-refractivity contribution in [2.75, 3.05) is 0 Å². The van der Waals surface area contributed by atoms with E-state index in [1.165, 1.54) is 30.4 Å². The summed E-state index contributed by atoms with van der Waals surface area (Å²) in [6.07, 6.45) is 4.21. The SMILES string of the molecule is CC.CC.CC.CC1c2cc(c(O)cc2O)Cc2cc(c(O)cc2O)CCC(C2C=CC(O)=CC2O)c2cc1c(O)cc2O. The highest BCUT2D eigenvalue weighted by atomic mass is 16.3. The summed E-state index contributed by atoms with van der Waals surface area (Å²) in [5, 5.41) is 84.8. The first-order chi connectivity index (χ1) is 21.0. The number of hydrogen-bond acceptors (Lipinski definition) is 8. The van der Waals surface area contributed by atoms with E-state index in [1.54, 1.807) is 31.2 Å². The molecule has 0 aliphatic heterocycles. The molecule has 3 aromatic carbocycles. The molecule has 44 heavy (non-hydrogen) atoms. The minimum Gasteiger partial charge on any atom is -0.508 e. The standard InChI is InChI=1S/C30H30O8.3C2H6/c1-14-21-8-17(26(34)12-28(21)36)7-16-6-15(24(32)11-25(16)33)2-4-19(20-5-3-18(31)9-27(20)35)23-10-22(14)29(37)13-30(23)38;3*1-2/h3,5-6,8-14,19-20,27,31-38H,2,4,7H2,1H3;3*1-2H3. The number of hydrogen-bond donors (Lipinski definition) is 8. The van der Waals surface area contributed by atoms with E-state index in [4.69, 9.17) is 0 Å². The number of benzene rings is 3. The Morgan fingerprint density at radius 2 is 1.05 bits per heavy atom. The van der Waals surface area contributed by atoms with Crippen LogP contribution in [0.1, 0.15) is 100 Å². The molecule has 0 radical (unpaired) electrons. The first-order valence-electron chi connectivity index (χ1n) is 15.4. The van der Waals surface area contributed by atoms with Crippen molar-refractivity contribution in [1.29, 1.82) is 0 Å². The lowest BCUT2D eigenvalue weighted by atomic mass is 9.75. The van der Waals surface area contributed by atoms with E-state index in [9.17, 15) is 40.9 Å². The normalized spacial score (nSPS) is 20.2. The Morgan fingerprint density at radius 3 is 1.64 bits per heavy atom. The van der Waals surface area contributed by atoms with Gasteiger partial charge in [0, 0.05) is 47.6 Å². The lowest BCUT2D eigenvalue weighted by molar-refractivity contribution is 0.150. The van der Waals surface area contributed by atoms with E-state index < -0.39 is 23.9 Å². The van der Waals surface area contributed by atoms with Crippen LogP contribution in [0.5, 0.6) is 34.5 Å². The van der Waals surface area contributed by atoms with E-state index in [2.05, 4.69) is 0 Å². The molecule has 8 nitrogen and oxygen atoms in total. The summed E-state index contributed by atoms with van der Waals surface area (Å²) >= 11 is 0. The second-order valence-corrected chi connectivity index (χ2v) is 10.2. The Hall–Kier alpha value is -4.30. The maximum atomic E-state index is 10.9. The summed E-state index contributed by atoms with van der Waals surface area (Å²) in [6.45, 7) is 13.8. The summed E-state index contributed by atoms with van der Waals surface area (Å²) in [4.78, 5) is 0. The van der Waals surface area contributed by atoms with Crippen LogP contribution in [0.2, 0.25) is 0 Å². The molecule has 0 spiro atoms. The van der Waals surface area contributed by atoms with Crippen molar-refractivity contribution in [1.82, 2.24) is 0 Å². The van der Waals surface area contributed by atoms with Crippen LogP contribution in [0, 0.1) is 5.92 Å². The molecule has 2 aliphatic carbocycles. The Labute approximate surface area is 260 Å². The van der Waals surface area contributed by atoms with Gasteiger partial charge in [-0.1, -0.05) is 54.5 Å². The summed E-state index contributed by atoms with van der Waals surface area (Å²) in [5.41, 5.74) is 2.71. The molecule has 8 N–H and O–H groups in total. The highest BCUT2D eigenvalue weighted by Gasteiger charge is 2.32. The van der Waals surface area contributed by atoms with Crippen LogP contribution < -0.4 is 0 Å². The van der Waals surface area contributed by atoms with Gasteiger partial charge in [-0.15, -0.1) is 0 Å². The summed E-state index contributed by atoms with van der Waals surface area (Å²) in [6, 6.07) is 8.62. The van der Waals surface area contributed by atoms with Crippen molar-refractivity contribution in [3.63, 3.8) is 0 Å². The van der Waals surface area contributed by atoms with Gasteiger partial charge in [-0.25, -0.2) is 0 Å². The van der Waals surface area contributed by atoms with E-state index in [0.717, 1.165) is 0 Å². The third-order valence-electron chi connectivity index (χ3n) is 7.81. The van der Waals surface area contributed by atoms with Crippen molar-refractivity contribution in [3.8, 4) is 34.5 Å². The fourth-order valence-electron chi connectivity index (χ4n) is 5.68. The molecule has 240 valence electrons. The number of phenolic OH excluding ortho intramolecular Hbond substituents is 6. The number of allylic oxidation sites excluding steroid dienone is 1. The quantitative estimate of drug-likeness (QED) is 0.139. The fourth-order valence-corrected chi connectivity index (χ4v) is 5.68. The molecule has 0 saturated heterocycles. The molecule has 0 fully saturated rings. The second kappa shape index (κ2) is 16.0. The van der Waals surface area contributed by atoms with Crippen LogP contribution in [0.4, 0.5) is 0 Å². The molecule has 0 saturated carbocycles. The van der Waals surface area contributed by atoms with Crippen LogP contribution in [0.25, 0.3) is 0 Å². The van der Waals surface area contributed by atoms with Crippen LogP contribution in [-0.4, -0.2) is 47.0 Å². The molecule has 4 atom stereocenters. The van der Waals surface area contributed by atoms with Gasteiger partial charge in [-0.3, -0.25) is 0 Å².